The molecule has 1 aromatic heterocycles. The second kappa shape index (κ2) is 6.15. The fraction of sp³-hybridized carbons (Fsp3) is 0. The third-order valence-electron chi connectivity index (χ3n) is 2.60. The van der Waals surface area contributed by atoms with Crippen LogP contribution >= 0.6 is 15.9 Å². The Kier molecular flexibility index (Phi) is 4.30. The number of carboxylic acid groups (broad SMARTS) is 1. The van der Waals surface area contributed by atoms with Crippen molar-refractivity contribution < 1.29 is 14.7 Å². The van der Waals surface area contributed by atoms with Gasteiger partial charge in [-0.05, 0) is 30.3 Å². The van der Waals surface area contributed by atoms with E-state index >= 15 is 0 Å². The smallest absolute Gasteiger partial charge is 0.354 e. The van der Waals surface area contributed by atoms with Crippen LogP contribution in [0.4, 0.5) is 5.69 Å². The minimum atomic E-state index is -1.17. The van der Waals surface area contributed by atoms with Crippen molar-refractivity contribution in [2.24, 2.45) is 0 Å². The molecule has 0 aliphatic carbocycles. The van der Waals surface area contributed by atoms with Gasteiger partial charge in [0.2, 0.25) is 0 Å². The molecule has 104 valence electrons. The predicted octanol–water partition coefficient (Wildman–Crippen LogP) is 2.67. The first-order chi connectivity index (χ1) is 10.0. The zero-order valence-corrected chi connectivity index (χ0v) is 12.1. The molecule has 1 aromatic carbocycles. The van der Waals surface area contributed by atoms with E-state index in [2.05, 4.69) is 26.2 Å². The lowest BCUT2D eigenvalue weighted by Crippen LogP contribution is -2.14. The average molecular weight is 346 g/mol. The lowest BCUT2D eigenvalue weighted by atomic mass is 10.2. The lowest BCUT2D eigenvalue weighted by Gasteiger charge is -2.07. The van der Waals surface area contributed by atoms with Gasteiger partial charge in [0, 0.05) is 10.7 Å². The summed E-state index contributed by atoms with van der Waals surface area (Å²) in [5, 5.41) is 20.3. The molecule has 21 heavy (non-hydrogen) atoms. The number of nitrogens with zero attached hydrogens (tertiary/aromatic N) is 2. The Morgan fingerprint density at radius 1 is 1.29 bits per heavy atom. The molecular formula is C14H8BrN3O3. The predicted molar refractivity (Wildman–Crippen MR) is 78.0 cm³/mol. The highest BCUT2D eigenvalue weighted by Gasteiger charge is 2.11. The van der Waals surface area contributed by atoms with Crippen molar-refractivity contribution in [1.29, 1.82) is 5.26 Å². The highest BCUT2D eigenvalue weighted by molar-refractivity contribution is 9.10. The van der Waals surface area contributed by atoms with Crippen LogP contribution in [-0.4, -0.2) is 22.0 Å². The summed E-state index contributed by atoms with van der Waals surface area (Å²) in [5.74, 6) is -1.64. The summed E-state index contributed by atoms with van der Waals surface area (Å²) >= 11 is 3.26. The molecule has 6 nitrogen and oxygen atoms in total. The fourth-order valence-corrected chi connectivity index (χ4v) is 1.93. The highest BCUT2D eigenvalue weighted by Crippen LogP contribution is 2.21. The standard InChI is InChI=1S/C14H8BrN3O3/c15-10-3-1-8(6-16)12(5-10)18-13(19)9-2-4-11(14(20)21)17-7-9/h1-5,7H,(H,18,19)(H,20,21). The molecule has 2 rings (SSSR count). The van der Waals surface area contributed by atoms with Gasteiger partial charge in [-0.15, -0.1) is 0 Å². The number of halogens is 1. The number of nitriles is 1. The molecule has 1 amide bonds. The molecule has 0 radical (unpaired) electrons. The Bertz CT molecular complexity index is 751. The number of amides is 1. The van der Waals surface area contributed by atoms with Gasteiger partial charge in [0.15, 0.2) is 0 Å². The van der Waals surface area contributed by atoms with E-state index in [0.29, 0.717) is 11.3 Å². The van der Waals surface area contributed by atoms with Gasteiger partial charge in [0.05, 0.1) is 16.8 Å². The maximum atomic E-state index is 12.1. The van der Waals surface area contributed by atoms with Crippen molar-refractivity contribution in [3.05, 3.63) is 57.8 Å². The summed E-state index contributed by atoms with van der Waals surface area (Å²) in [5.41, 5.74) is 0.733. The monoisotopic (exact) mass is 345 g/mol. The maximum absolute atomic E-state index is 12.1. The van der Waals surface area contributed by atoms with Gasteiger partial charge in [-0.1, -0.05) is 15.9 Å². The number of nitrogens with one attached hydrogen (secondary N) is 1. The maximum Gasteiger partial charge on any atom is 0.354 e. The third-order valence-corrected chi connectivity index (χ3v) is 3.09. The largest absolute Gasteiger partial charge is 0.477 e. The van der Waals surface area contributed by atoms with Crippen molar-refractivity contribution in [3.8, 4) is 6.07 Å². The summed E-state index contributed by atoms with van der Waals surface area (Å²) < 4.78 is 0.719. The summed E-state index contributed by atoms with van der Waals surface area (Å²) in [6.45, 7) is 0. The van der Waals surface area contributed by atoms with Gasteiger partial charge in [-0.25, -0.2) is 9.78 Å². The Morgan fingerprint density at radius 2 is 2.05 bits per heavy atom. The number of anilines is 1. The molecule has 0 fully saturated rings. The number of hydrogen-bond acceptors (Lipinski definition) is 4. The first kappa shape index (κ1) is 14.7. The molecule has 0 atom stereocenters. The van der Waals surface area contributed by atoms with E-state index in [9.17, 15) is 9.59 Å². The van der Waals surface area contributed by atoms with Gasteiger partial charge in [0.25, 0.3) is 5.91 Å². The van der Waals surface area contributed by atoms with Crippen molar-refractivity contribution in [1.82, 2.24) is 4.98 Å². The van der Waals surface area contributed by atoms with Crippen molar-refractivity contribution in [2.45, 2.75) is 0 Å². The summed E-state index contributed by atoms with van der Waals surface area (Å²) in [7, 11) is 0. The number of aromatic nitrogens is 1. The summed E-state index contributed by atoms with van der Waals surface area (Å²) in [6.07, 6.45) is 1.17. The van der Waals surface area contributed by atoms with Crippen molar-refractivity contribution in [3.63, 3.8) is 0 Å². The van der Waals surface area contributed by atoms with E-state index in [0.717, 1.165) is 4.47 Å². The summed E-state index contributed by atoms with van der Waals surface area (Å²) in [4.78, 5) is 26.4. The SMILES string of the molecule is N#Cc1ccc(Br)cc1NC(=O)c1ccc(C(=O)O)nc1. The minimum Gasteiger partial charge on any atom is -0.477 e. The number of benzene rings is 1. The zero-order chi connectivity index (χ0) is 15.4. The van der Waals surface area contributed by atoms with E-state index < -0.39 is 11.9 Å². The molecule has 2 N–H and O–H groups in total. The molecule has 0 bridgehead atoms. The highest BCUT2D eigenvalue weighted by atomic mass is 79.9. The molecule has 0 aliphatic rings. The van der Waals surface area contributed by atoms with Crippen LogP contribution in [0.25, 0.3) is 0 Å². The first-order valence-corrected chi connectivity index (χ1v) is 6.51. The van der Waals surface area contributed by atoms with Crippen LogP contribution in [0, 0.1) is 11.3 Å². The van der Waals surface area contributed by atoms with Crippen LogP contribution in [0.3, 0.4) is 0 Å². The molecule has 0 saturated carbocycles. The number of carbonyl (C=O) groups is 2. The molecule has 0 aliphatic heterocycles. The number of pyridine rings is 1. The van der Waals surface area contributed by atoms with Crippen LogP contribution in [0.2, 0.25) is 0 Å². The second-order valence-electron chi connectivity index (χ2n) is 3.99. The van der Waals surface area contributed by atoms with Crippen LogP contribution in [0.5, 0.6) is 0 Å². The molecule has 2 aromatic rings. The molecule has 1 heterocycles. The normalized spacial score (nSPS) is 9.71. The summed E-state index contributed by atoms with van der Waals surface area (Å²) in [6, 6.07) is 9.44. The van der Waals surface area contributed by atoms with E-state index in [-0.39, 0.29) is 11.3 Å². The van der Waals surface area contributed by atoms with Gasteiger partial charge in [-0.3, -0.25) is 4.79 Å². The Morgan fingerprint density at radius 3 is 2.62 bits per heavy atom. The number of hydrogen-bond donors (Lipinski definition) is 2. The number of aromatic carboxylic acids is 1. The van der Waals surface area contributed by atoms with Crippen LogP contribution in [-0.2, 0) is 0 Å². The van der Waals surface area contributed by atoms with Gasteiger partial charge < -0.3 is 10.4 Å². The Balaban J connectivity index is 2.24. The van der Waals surface area contributed by atoms with Crippen LogP contribution in [0.15, 0.2) is 41.0 Å². The van der Waals surface area contributed by atoms with Crippen molar-refractivity contribution in [2.75, 3.05) is 5.32 Å². The van der Waals surface area contributed by atoms with E-state index in [4.69, 9.17) is 10.4 Å². The van der Waals surface area contributed by atoms with Gasteiger partial charge in [-0.2, -0.15) is 5.26 Å². The zero-order valence-electron chi connectivity index (χ0n) is 10.5. The quantitative estimate of drug-likeness (QED) is 0.889. The number of rotatable bonds is 3. The lowest BCUT2D eigenvalue weighted by molar-refractivity contribution is 0.0690. The first-order valence-electron chi connectivity index (χ1n) is 5.71. The Hall–Kier alpha value is -2.72. The minimum absolute atomic E-state index is 0.147. The fourth-order valence-electron chi connectivity index (χ4n) is 1.57. The molecular weight excluding hydrogens is 338 g/mol. The van der Waals surface area contributed by atoms with Crippen LogP contribution < -0.4 is 5.32 Å². The Labute approximate surface area is 128 Å². The van der Waals surface area contributed by atoms with E-state index in [1.807, 2.05) is 6.07 Å². The molecule has 0 unspecified atom stereocenters. The second-order valence-corrected chi connectivity index (χ2v) is 4.91. The number of carboxylic acids is 1. The number of carbonyl (C=O) groups excluding carboxylic acids is 1. The van der Waals surface area contributed by atoms with Crippen molar-refractivity contribution >= 4 is 33.5 Å². The van der Waals surface area contributed by atoms with Gasteiger partial charge >= 0.3 is 5.97 Å². The van der Waals surface area contributed by atoms with E-state index in [1.165, 1.54) is 18.3 Å². The van der Waals surface area contributed by atoms with Crippen LogP contribution in [0.1, 0.15) is 26.4 Å². The molecule has 7 heteroatoms. The average Bonchev–Trinajstić information content (AvgIpc) is 2.47. The third kappa shape index (κ3) is 3.43. The topological polar surface area (TPSA) is 103 Å². The molecule has 0 saturated heterocycles. The van der Waals surface area contributed by atoms with E-state index in [1.54, 1.807) is 18.2 Å². The van der Waals surface area contributed by atoms with Gasteiger partial charge in [0.1, 0.15) is 11.8 Å². The molecule has 0 spiro atoms.